The molecule has 532 valence electrons. The minimum atomic E-state index is -0.991. The van der Waals surface area contributed by atoms with E-state index in [2.05, 4.69) is 189 Å². The summed E-state index contributed by atoms with van der Waals surface area (Å²) >= 11 is 0. The molecule has 102 heavy (non-hydrogen) atoms. The van der Waals surface area contributed by atoms with E-state index in [0.717, 1.165) is 160 Å². The van der Waals surface area contributed by atoms with E-state index >= 15 is 0 Å². The van der Waals surface area contributed by atoms with Crippen molar-refractivity contribution in [1.29, 1.82) is 0 Å². The third kappa shape index (κ3) is 17.8. The average Bonchev–Trinajstić information content (AvgIpc) is 1.58. The third-order valence-electron chi connectivity index (χ3n) is 20.8. The Morgan fingerprint density at radius 1 is 0.461 bits per heavy atom. The molecule has 3 N–H and O–H groups in total. The van der Waals surface area contributed by atoms with Gasteiger partial charge in [-0.15, -0.1) is 0 Å². The Kier molecular flexibility index (Phi) is 26.0. The summed E-state index contributed by atoms with van der Waals surface area (Å²) in [6.07, 6.45) is 39.5. The molecule has 1 aliphatic carbocycles. The first-order valence-electron chi connectivity index (χ1n) is 39.0. The number of aromatic amines is 2. The minimum Gasteiger partial charge on any atom is -0.493 e. The zero-order valence-corrected chi connectivity index (χ0v) is 61.3. The summed E-state index contributed by atoms with van der Waals surface area (Å²) in [5.41, 5.74) is 18.3. The van der Waals surface area contributed by atoms with E-state index in [1.54, 1.807) is 24.3 Å². The van der Waals surface area contributed by atoms with Crippen LogP contribution < -0.4 is 23.8 Å². The molecule has 5 aromatic carbocycles. The molecule has 1 saturated carbocycles. The van der Waals surface area contributed by atoms with Gasteiger partial charge in [0.2, 0.25) is 0 Å². The van der Waals surface area contributed by atoms with Crippen molar-refractivity contribution in [2.75, 3.05) is 31.3 Å². The Hall–Kier alpha value is -9.27. The predicted molar refractivity (Wildman–Crippen MR) is 424 cm³/mol. The van der Waals surface area contributed by atoms with Gasteiger partial charge < -0.3 is 38.9 Å². The van der Waals surface area contributed by atoms with Crippen LogP contribution in [-0.2, 0) is 0 Å². The zero-order valence-electron chi connectivity index (χ0n) is 61.3. The molecule has 12 rings (SSSR count). The number of hydrogen-bond donors (Lipinski definition) is 3. The summed E-state index contributed by atoms with van der Waals surface area (Å²) in [5.74, 6) is 9.36. The molecule has 0 amide bonds. The summed E-state index contributed by atoms with van der Waals surface area (Å²) in [5, 5.41) is 9.91. The minimum absolute atomic E-state index is 0.194. The zero-order chi connectivity index (χ0) is 70.4. The Morgan fingerprint density at radius 2 is 0.892 bits per heavy atom. The molecule has 11 nitrogen and oxygen atoms in total. The fourth-order valence-corrected chi connectivity index (χ4v) is 15.3. The van der Waals surface area contributed by atoms with E-state index < -0.39 is 5.97 Å². The van der Waals surface area contributed by atoms with Crippen LogP contribution >= 0.6 is 0 Å². The lowest BCUT2D eigenvalue weighted by atomic mass is 9.93. The molecule has 1 fully saturated rings. The quantitative estimate of drug-likeness (QED) is 0.0257. The maximum atomic E-state index is 12.1. The number of carboxylic acid groups (broad SMARTS) is 1. The van der Waals surface area contributed by atoms with Gasteiger partial charge in [0.25, 0.3) is 0 Å². The number of carbonyl (C=O) groups is 1. The number of ether oxygens (including phenoxy) is 4. The van der Waals surface area contributed by atoms with Crippen molar-refractivity contribution >= 4 is 63.7 Å². The molecular formula is C91H107N5O6. The number of benzene rings is 5. The molecule has 4 aliphatic rings. The number of unbranched alkanes of at least 4 members (excludes halogenated alkanes) is 20. The van der Waals surface area contributed by atoms with Gasteiger partial charge in [-0.2, -0.15) is 0 Å². The van der Waals surface area contributed by atoms with E-state index in [1.165, 1.54) is 132 Å². The van der Waals surface area contributed by atoms with E-state index in [0.29, 0.717) is 55.2 Å². The first kappa shape index (κ1) is 72.5. The molecule has 8 bridgehead atoms. The summed E-state index contributed by atoms with van der Waals surface area (Å²) in [6, 6.07) is 44.5. The largest absolute Gasteiger partial charge is 0.493 e. The normalized spacial score (nSPS) is 14.2. The van der Waals surface area contributed by atoms with Gasteiger partial charge in [0.15, 0.2) is 0 Å². The van der Waals surface area contributed by atoms with Gasteiger partial charge in [-0.25, -0.2) is 14.8 Å². The number of anilines is 2. The highest BCUT2D eigenvalue weighted by atomic mass is 16.5. The Morgan fingerprint density at radius 3 is 1.38 bits per heavy atom. The van der Waals surface area contributed by atoms with E-state index in [1.807, 2.05) is 0 Å². The van der Waals surface area contributed by atoms with Crippen molar-refractivity contribution in [1.82, 2.24) is 19.9 Å². The van der Waals surface area contributed by atoms with Gasteiger partial charge in [-0.3, -0.25) is 0 Å². The summed E-state index contributed by atoms with van der Waals surface area (Å²) in [4.78, 5) is 34.4. The van der Waals surface area contributed by atoms with Crippen LogP contribution in [0.4, 0.5) is 11.4 Å². The van der Waals surface area contributed by atoms with Gasteiger partial charge in [-0.1, -0.05) is 210 Å². The van der Waals surface area contributed by atoms with Crippen molar-refractivity contribution in [3.05, 3.63) is 178 Å². The molecule has 3 aromatic heterocycles. The second kappa shape index (κ2) is 36.6. The highest BCUT2D eigenvalue weighted by Gasteiger charge is 2.42. The van der Waals surface area contributed by atoms with Crippen LogP contribution in [0.5, 0.6) is 23.0 Å². The van der Waals surface area contributed by atoms with Crippen LogP contribution in [0.15, 0.2) is 127 Å². The molecule has 0 radical (unpaired) electrons. The molecule has 8 aromatic rings. The molecule has 0 saturated heterocycles. The first-order chi connectivity index (χ1) is 50.2. The average molecular weight is 1370 g/mol. The van der Waals surface area contributed by atoms with Crippen LogP contribution in [0.3, 0.4) is 0 Å². The number of nitrogens with zero attached hydrogens (tertiary/aromatic N) is 3. The SMILES string of the molecule is CCCCCCCCOc1cccc(OCCCCCCCC)c1-c1c2nc(c(-c3ccc4c(c3)C3CCCC3N4c3ccc(C)cc3)c3ccc([nH]3)c(-c3c(OCCCCCCCC)cccc3OCCCCCCCC)c3nc(c(C#Cc4ccc(C(=O)O)cc4)c4ccc1[nH]4)C=C3)C=C2. The maximum Gasteiger partial charge on any atom is 0.335 e. The van der Waals surface area contributed by atoms with Crippen molar-refractivity contribution in [3.8, 4) is 68.2 Å². The van der Waals surface area contributed by atoms with Crippen molar-refractivity contribution < 1.29 is 28.8 Å². The van der Waals surface area contributed by atoms with E-state index in [-0.39, 0.29) is 5.56 Å². The Bertz CT molecular complexity index is 4280. The molecule has 3 aliphatic heterocycles. The molecule has 2 unspecified atom stereocenters. The molecular weight excluding hydrogens is 1260 g/mol. The van der Waals surface area contributed by atoms with Crippen LogP contribution in [0.2, 0.25) is 0 Å². The van der Waals surface area contributed by atoms with Crippen LogP contribution in [0.25, 0.3) is 79.8 Å². The van der Waals surface area contributed by atoms with Gasteiger partial charge in [0.05, 0.1) is 77.0 Å². The van der Waals surface area contributed by atoms with Gasteiger partial charge in [0, 0.05) is 62.1 Å². The van der Waals surface area contributed by atoms with Crippen molar-refractivity contribution in [2.45, 2.75) is 220 Å². The van der Waals surface area contributed by atoms with Crippen molar-refractivity contribution in [3.63, 3.8) is 0 Å². The summed E-state index contributed by atoms with van der Waals surface area (Å²) in [6.45, 7) is 13.5. The number of fused-ring (bicyclic) bond motifs is 11. The molecule has 2 atom stereocenters. The number of hydrogen-bond acceptors (Lipinski definition) is 8. The number of aromatic carboxylic acids is 1. The van der Waals surface area contributed by atoms with Crippen LogP contribution in [0.1, 0.15) is 262 Å². The number of nitrogens with one attached hydrogen (secondary N) is 2. The lowest BCUT2D eigenvalue weighted by molar-refractivity contribution is 0.0696. The summed E-state index contributed by atoms with van der Waals surface area (Å²) in [7, 11) is 0. The van der Waals surface area contributed by atoms with E-state index in [4.69, 9.17) is 28.9 Å². The number of rotatable bonds is 37. The summed E-state index contributed by atoms with van der Waals surface area (Å²) < 4.78 is 28.1. The number of carboxylic acids is 1. The number of aromatic nitrogens is 4. The van der Waals surface area contributed by atoms with Crippen molar-refractivity contribution in [2.24, 2.45) is 0 Å². The first-order valence-corrected chi connectivity index (χ1v) is 39.0. The number of aryl methyl sites for hydroxylation is 1. The Labute approximate surface area is 606 Å². The lowest BCUT2D eigenvalue weighted by Crippen LogP contribution is -2.26. The maximum absolute atomic E-state index is 12.1. The predicted octanol–water partition coefficient (Wildman–Crippen LogP) is 24.8. The molecule has 6 heterocycles. The van der Waals surface area contributed by atoms with Gasteiger partial charge >= 0.3 is 5.97 Å². The number of H-pyrrole nitrogens is 2. The van der Waals surface area contributed by atoms with Crippen LogP contribution in [-0.4, -0.2) is 63.5 Å². The topological polar surface area (TPSA) is 135 Å². The second-order valence-corrected chi connectivity index (χ2v) is 28.4. The highest BCUT2D eigenvalue weighted by Crippen LogP contribution is 2.54. The smallest absolute Gasteiger partial charge is 0.335 e. The van der Waals surface area contributed by atoms with Crippen LogP contribution in [0, 0.1) is 18.8 Å². The molecule has 0 spiro atoms. The highest BCUT2D eigenvalue weighted by molar-refractivity contribution is 6.01. The molecule has 11 heteroatoms. The lowest BCUT2D eigenvalue weighted by Gasteiger charge is -2.27. The van der Waals surface area contributed by atoms with Gasteiger partial charge in [0.1, 0.15) is 23.0 Å². The monoisotopic (exact) mass is 1370 g/mol. The van der Waals surface area contributed by atoms with E-state index in [9.17, 15) is 9.90 Å². The Balaban J connectivity index is 1.12. The second-order valence-electron chi connectivity index (χ2n) is 28.4. The fourth-order valence-electron chi connectivity index (χ4n) is 15.3. The fraction of sp³-hybridized carbons (Fsp3) is 0.418. The van der Waals surface area contributed by atoms with Gasteiger partial charge in [-0.05, 0) is 178 Å². The standard InChI is InChI=1S/C91H107N5O6/c1-6-10-14-18-22-26-59-99-82-35-31-36-83(100-60-27-23-19-15-11-7-2)89(82)87-76-52-50-72(92-76)70(49-43-65-41-44-66(45-42-65)91(97)98)73-51-53-77(93-73)88(90-84(101-61-28-24-20-16-12-8-3)37-32-38-85(90)102-62-29-25-21-17-13-9-4)79-57-55-75(95-79)86(74-54-56-78(87)94-74)67-46-58-81-71(63-67)69-33-30-34-80(69)96(81)68-47-39-64(5)40-48-68/h31-32,35-42,44-48,50-58,63,69,80,92,95H,6-30,33-34,59-62H2,1-5H3,(H,97,98). The third-order valence-corrected chi connectivity index (χ3v) is 20.8.